The summed E-state index contributed by atoms with van der Waals surface area (Å²) in [6, 6.07) is 19.6. The van der Waals surface area contributed by atoms with Crippen LogP contribution in [0.1, 0.15) is 55.5 Å². The molecule has 210 valence electrons. The van der Waals surface area contributed by atoms with Crippen LogP contribution in [0.5, 0.6) is 0 Å². The molecule has 5 nitrogen and oxygen atoms in total. The first-order valence-electron chi connectivity index (χ1n) is 13.8. The van der Waals surface area contributed by atoms with Gasteiger partial charge in [0.05, 0.1) is 6.04 Å². The van der Waals surface area contributed by atoms with Crippen molar-refractivity contribution in [2.45, 2.75) is 57.4 Å². The lowest BCUT2D eigenvalue weighted by Crippen LogP contribution is -2.62. The van der Waals surface area contributed by atoms with Crippen molar-refractivity contribution in [3.05, 3.63) is 105 Å². The number of ether oxygens (including phenoxy) is 1. The van der Waals surface area contributed by atoms with Gasteiger partial charge in [-0.3, -0.25) is 9.59 Å². The lowest BCUT2D eigenvalue weighted by molar-refractivity contribution is -0.184. The Hall–Kier alpha value is -2.93. The highest BCUT2D eigenvalue weighted by atomic mass is 35.5. The smallest absolute Gasteiger partial charge is 0.253 e. The summed E-state index contributed by atoms with van der Waals surface area (Å²) in [4.78, 5) is 31.9. The van der Waals surface area contributed by atoms with E-state index in [9.17, 15) is 14.0 Å². The molecule has 0 bridgehead atoms. The quantitative estimate of drug-likeness (QED) is 0.286. The van der Waals surface area contributed by atoms with Gasteiger partial charge in [0.15, 0.2) is 0 Å². The number of amides is 2. The summed E-state index contributed by atoms with van der Waals surface area (Å²) in [5, 5.41) is 1.16. The van der Waals surface area contributed by atoms with Gasteiger partial charge in [0.2, 0.25) is 5.91 Å². The Morgan fingerprint density at radius 2 is 1.52 bits per heavy atom. The summed E-state index contributed by atoms with van der Waals surface area (Å²) >= 11 is 12.5. The summed E-state index contributed by atoms with van der Waals surface area (Å²) in [5.41, 5.74) is 2.43. The molecule has 2 amide bonds. The van der Waals surface area contributed by atoms with Crippen LogP contribution in [0.2, 0.25) is 10.0 Å². The minimum absolute atomic E-state index is 0.0375. The van der Waals surface area contributed by atoms with E-state index in [-0.39, 0.29) is 24.1 Å². The summed E-state index contributed by atoms with van der Waals surface area (Å²) < 4.78 is 20.3. The number of hydrogen-bond donors (Lipinski definition) is 0. The lowest BCUT2D eigenvalue weighted by atomic mass is 9.88. The maximum absolute atomic E-state index is 14.4. The van der Waals surface area contributed by atoms with Crippen molar-refractivity contribution in [3.63, 3.8) is 0 Å². The predicted octanol–water partition coefficient (Wildman–Crippen LogP) is 7.03. The highest BCUT2D eigenvalue weighted by molar-refractivity contribution is 6.30. The van der Waals surface area contributed by atoms with E-state index in [4.69, 9.17) is 27.9 Å². The summed E-state index contributed by atoms with van der Waals surface area (Å²) in [7, 11) is 0. The molecule has 2 heterocycles. The Bertz CT molecular complexity index is 1330. The second-order valence-corrected chi connectivity index (χ2v) is 11.7. The van der Waals surface area contributed by atoms with E-state index in [1.54, 1.807) is 41.3 Å². The van der Waals surface area contributed by atoms with Gasteiger partial charge >= 0.3 is 0 Å². The summed E-state index contributed by atoms with van der Waals surface area (Å²) in [6.07, 6.45) is 0.0597. The Morgan fingerprint density at radius 1 is 0.950 bits per heavy atom. The van der Waals surface area contributed by atoms with Crippen LogP contribution in [0.25, 0.3) is 0 Å². The minimum atomic E-state index is -0.864. The number of rotatable bonds is 8. The maximum atomic E-state index is 14.4. The molecule has 2 aliphatic heterocycles. The molecule has 3 aromatic rings. The van der Waals surface area contributed by atoms with E-state index >= 15 is 0 Å². The molecule has 40 heavy (non-hydrogen) atoms. The molecular weight excluding hydrogens is 550 g/mol. The second kappa shape index (κ2) is 12.3. The van der Waals surface area contributed by atoms with Crippen molar-refractivity contribution in [3.8, 4) is 0 Å². The Morgan fingerprint density at radius 3 is 2.08 bits per heavy atom. The molecule has 5 rings (SSSR count). The lowest BCUT2D eigenvalue weighted by Gasteiger charge is -2.49. The normalized spacial score (nSPS) is 22.2. The molecule has 0 saturated carbocycles. The van der Waals surface area contributed by atoms with E-state index in [1.165, 1.54) is 12.1 Å². The number of nitrogens with zero attached hydrogens (tertiary/aromatic N) is 2. The van der Waals surface area contributed by atoms with Gasteiger partial charge in [0.1, 0.15) is 24.1 Å². The van der Waals surface area contributed by atoms with Gasteiger partial charge < -0.3 is 14.5 Å². The van der Waals surface area contributed by atoms with Gasteiger partial charge in [-0.2, -0.15) is 0 Å². The average Bonchev–Trinajstić information content (AvgIpc) is 2.93. The van der Waals surface area contributed by atoms with E-state index in [0.29, 0.717) is 35.5 Å². The Kier molecular flexibility index (Phi) is 8.79. The standard InChI is InChI=1S/C32H33Cl2FN2O3/c1-3-4-27(31(38)36-18-20(2)19-36)37-29(22-7-11-24(33)12-8-22)30(23-9-13-25(34)14-10-23)40-28(32(37)39)17-21-5-15-26(35)16-6-21/h5-16,20,27-30H,3-4,17-19H2,1-2H3/t27-,28+,29-,30?/m0/s1. The third-order valence-electron chi connectivity index (χ3n) is 7.73. The van der Waals surface area contributed by atoms with Crippen molar-refractivity contribution in [1.29, 1.82) is 0 Å². The van der Waals surface area contributed by atoms with E-state index in [0.717, 1.165) is 23.1 Å². The highest BCUT2D eigenvalue weighted by Crippen LogP contribution is 2.45. The predicted molar refractivity (Wildman–Crippen MR) is 155 cm³/mol. The van der Waals surface area contributed by atoms with Crippen LogP contribution in [-0.2, 0) is 20.7 Å². The van der Waals surface area contributed by atoms with E-state index in [2.05, 4.69) is 6.92 Å². The third kappa shape index (κ3) is 6.04. The SMILES string of the molecule is CCC[C@@H](C(=O)N1CC(C)C1)N1C(=O)[C@@H](Cc2ccc(F)cc2)OC(c2ccc(Cl)cc2)[C@@H]1c1ccc(Cl)cc1. The maximum Gasteiger partial charge on any atom is 0.253 e. The van der Waals surface area contributed by atoms with Crippen LogP contribution in [0.15, 0.2) is 72.8 Å². The van der Waals surface area contributed by atoms with Crippen molar-refractivity contribution >= 4 is 35.0 Å². The number of halogens is 3. The summed E-state index contributed by atoms with van der Waals surface area (Å²) in [6.45, 7) is 5.50. The molecule has 8 heteroatoms. The number of morpholine rings is 1. The molecule has 0 N–H and O–H groups in total. The fraction of sp³-hybridized carbons (Fsp3) is 0.375. The molecule has 2 saturated heterocycles. The molecular formula is C32H33Cl2FN2O3. The topological polar surface area (TPSA) is 49.9 Å². The molecule has 2 aliphatic rings. The van der Waals surface area contributed by atoms with Gasteiger partial charge in [-0.05, 0) is 65.4 Å². The zero-order valence-electron chi connectivity index (χ0n) is 22.6. The number of hydrogen-bond acceptors (Lipinski definition) is 3. The largest absolute Gasteiger partial charge is 0.358 e. The van der Waals surface area contributed by atoms with Crippen LogP contribution in [0.4, 0.5) is 4.39 Å². The fourth-order valence-corrected chi connectivity index (χ4v) is 5.98. The zero-order valence-corrected chi connectivity index (χ0v) is 24.1. The number of likely N-dealkylation sites (tertiary alicyclic amines) is 1. The Labute approximate surface area is 244 Å². The molecule has 0 radical (unpaired) electrons. The molecule has 4 atom stereocenters. The first kappa shape index (κ1) is 28.6. The van der Waals surface area contributed by atoms with Crippen LogP contribution in [0, 0.1) is 11.7 Å². The monoisotopic (exact) mass is 582 g/mol. The van der Waals surface area contributed by atoms with Crippen molar-refractivity contribution in [2.75, 3.05) is 13.1 Å². The van der Waals surface area contributed by atoms with Gasteiger partial charge in [0.25, 0.3) is 5.91 Å². The van der Waals surface area contributed by atoms with Crippen molar-refractivity contribution in [1.82, 2.24) is 9.80 Å². The minimum Gasteiger partial charge on any atom is -0.358 e. The molecule has 1 unspecified atom stereocenters. The van der Waals surface area contributed by atoms with Gasteiger partial charge in [-0.15, -0.1) is 0 Å². The molecule has 0 spiro atoms. The van der Waals surface area contributed by atoms with Crippen LogP contribution < -0.4 is 0 Å². The molecule has 2 fully saturated rings. The van der Waals surface area contributed by atoms with Gasteiger partial charge in [-0.25, -0.2) is 4.39 Å². The molecule has 0 aromatic heterocycles. The molecule has 0 aliphatic carbocycles. The first-order valence-corrected chi connectivity index (χ1v) is 14.5. The van der Waals surface area contributed by atoms with Crippen molar-refractivity contribution in [2.24, 2.45) is 5.92 Å². The molecule has 3 aromatic carbocycles. The van der Waals surface area contributed by atoms with E-state index < -0.39 is 24.3 Å². The third-order valence-corrected chi connectivity index (χ3v) is 8.23. The highest BCUT2D eigenvalue weighted by Gasteiger charge is 2.49. The van der Waals surface area contributed by atoms with Crippen molar-refractivity contribution < 1.29 is 18.7 Å². The van der Waals surface area contributed by atoms with Crippen LogP contribution in [-0.4, -0.2) is 46.8 Å². The second-order valence-electron chi connectivity index (χ2n) is 10.8. The number of carbonyl (C=O) groups excluding carboxylic acids is 2. The van der Waals surface area contributed by atoms with Gasteiger partial charge in [0, 0.05) is 29.6 Å². The zero-order chi connectivity index (χ0) is 28.4. The van der Waals surface area contributed by atoms with Crippen LogP contribution >= 0.6 is 23.2 Å². The number of benzene rings is 3. The van der Waals surface area contributed by atoms with Crippen LogP contribution in [0.3, 0.4) is 0 Å². The van der Waals surface area contributed by atoms with E-state index in [1.807, 2.05) is 36.1 Å². The summed E-state index contributed by atoms with van der Waals surface area (Å²) in [5.74, 6) is -0.202. The first-order chi connectivity index (χ1) is 19.2. The average molecular weight is 584 g/mol. The Balaban J connectivity index is 1.62. The number of carbonyl (C=O) groups is 2. The fourth-order valence-electron chi connectivity index (χ4n) is 5.73. The van der Waals surface area contributed by atoms with Gasteiger partial charge in [-0.1, -0.05) is 79.9 Å².